The molecule has 0 aromatic rings. The van der Waals surface area contributed by atoms with Crippen molar-refractivity contribution < 1.29 is 4.89 Å². The predicted octanol–water partition coefficient (Wildman–Crippen LogP) is 0.633. The Balaban J connectivity index is 2.22. The summed E-state index contributed by atoms with van der Waals surface area (Å²) in [5.41, 5.74) is 0. The first-order valence-electron chi connectivity index (χ1n) is 3.47. The summed E-state index contributed by atoms with van der Waals surface area (Å²) in [5, 5.41) is 2.97. The van der Waals surface area contributed by atoms with E-state index >= 15 is 0 Å². The van der Waals surface area contributed by atoms with Gasteiger partial charge in [-0.05, 0) is 18.8 Å². The highest BCUT2D eigenvalue weighted by Gasteiger charge is 2.20. The molecule has 0 radical (unpaired) electrons. The Morgan fingerprint density at radius 2 is 2.33 bits per heavy atom. The summed E-state index contributed by atoms with van der Waals surface area (Å²) in [4.78, 5) is 10.1. The van der Waals surface area contributed by atoms with Crippen LogP contribution in [0.2, 0.25) is 0 Å². The molecule has 0 heterocycles. The highest BCUT2D eigenvalue weighted by atomic mass is 31.1. The van der Waals surface area contributed by atoms with Gasteiger partial charge < -0.3 is 9.98 Å². The fourth-order valence-electron chi connectivity index (χ4n) is 1.44. The van der Waals surface area contributed by atoms with Crippen molar-refractivity contribution in [3.05, 3.63) is 0 Å². The van der Waals surface area contributed by atoms with Crippen LogP contribution in [0.25, 0.3) is 0 Å². The molecule has 0 spiro atoms. The van der Waals surface area contributed by atoms with Crippen LogP contribution in [0.3, 0.4) is 0 Å². The van der Waals surface area contributed by atoms with Crippen molar-refractivity contribution in [2.24, 2.45) is 5.92 Å². The molecule has 1 fully saturated rings. The van der Waals surface area contributed by atoms with E-state index in [4.69, 9.17) is 0 Å². The van der Waals surface area contributed by atoms with E-state index in [-0.39, 0.29) is 8.96 Å². The Bertz CT molecular complexity index is 89.1. The summed E-state index contributed by atoms with van der Waals surface area (Å²) in [6.07, 6.45) is 3.79. The van der Waals surface area contributed by atoms with Gasteiger partial charge in [0.2, 0.25) is 0 Å². The predicted molar refractivity (Wildman–Crippen MR) is 38.3 cm³/mol. The second kappa shape index (κ2) is 3.50. The second-order valence-electron chi connectivity index (χ2n) is 2.76. The Hall–Kier alpha value is 0.350. The van der Waals surface area contributed by atoms with Crippen molar-refractivity contribution in [3.63, 3.8) is 0 Å². The van der Waals surface area contributed by atoms with Gasteiger partial charge >= 0.3 is 0 Å². The molecule has 1 rings (SSSR count). The largest absolute Gasteiger partial charge is 0.820 e. The molecule has 0 saturated heterocycles. The third-order valence-corrected chi connectivity index (χ3v) is 2.59. The number of hydrogen-bond acceptors (Lipinski definition) is 2. The van der Waals surface area contributed by atoms with E-state index in [0.29, 0.717) is 6.04 Å². The molecular formula is C6H13NOP-. The molecule has 1 aliphatic rings. The molecule has 0 aliphatic heterocycles. The average Bonchev–Trinajstić information content (AvgIpc) is 2.18. The fraction of sp³-hybridized carbons (Fsp3) is 1.00. The first-order valence-corrected chi connectivity index (χ1v) is 4.38. The zero-order valence-electron chi connectivity index (χ0n) is 5.68. The fourth-order valence-corrected chi connectivity index (χ4v) is 2.02. The second-order valence-corrected chi connectivity index (χ2v) is 3.25. The SMILES string of the molecule is CC1CCCC1NP[O-]. The molecule has 0 aromatic heterocycles. The van der Waals surface area contributed by atoms with Crippen molar-refractivity contribution in [3.8, 4) is 0 Å². The molecule has 9 heavy (non-hydrogen) atoms. The van der Waals surface area contributed by atoms with Crippen molar-refractivity contribution >= 4 is 8.96 Å². The van der Waals surface area contributed by atoms with Crippen LogP contribution in [0.5, 0.6) is 0 Å². The van der Waals surface area contributed by atoms with Crippen LogP contribution in [0.1, 0.15) is 26.2 Å². The standard InChI is InChI=1S/C6H13NOP/c1-5-3-2-4-6(5)7-9-8/h5-7,9H,2-4H2,1H3/q-1. The zero-order valence-corrected chi connectivity index (χ0v) is 6.68. The van der Waals surface area contributed by atoms with Gasteiger partial charge in [-0.2, -0.15) is 0 Å². The van der Waals surface area contributed by atoms with E-state index in [1.54, 1.807) is 0 Å². The normalized spacial score (nSPS) is 36.7. The molecule has 3 heteroatoms. The van der Waals surface area contributed by atoms with Gasteiger partial charge in [-0.3, -0.25) is 0 Å². The summed E-state index contributed by atoms with van der Waals surface area (Å²) >= 11 is 0. The Morgan fingerprint density at radius 3 is 2.78 bits per heavy atom. The van der Waals surface area contributed by atoms with Crippen molar-refractivity contribution in [1.82, 2.24) is 5.09 Å². The molecule has 0 amide bonds. The molecule has 1 aliphatic carbocycles. The summed E-state index contributed by atoms with van der Waals surface area (Å²) in [7, 11) is -0.322. The van der Waals surface area contributed by atoms with Gasteiger partial charge in [0.05, 0.1) is 0 Å². The maximum absolute atomic E-state index is 10.1. The number of rotatable bonds is 2. The maximum atomic E-state index is 10.1. The van der Waals surface area contributed by atoms with Crippen LogP contribution in [0, 0.1) is 5.92 Å². The quantitative estimate of drug-likeness (QED) is 0.580. The minimum absolute atomic E-state index is 0.322. The maximum Gasteiger partial charge on any atom is 0.0114 e. The molecule has 0 bridgehead atoms. The lowest BCUT2D eigenvalue weighted by Gasteiger charge is -2.18. The van der Waals surface area contributed by atoms with E-state index in [2.05, 4.69) is 12.0 Å². The summed E-state index contributed by atoms with van der Waals surface area (Å²) < 4.78 is 0. The van der Waals surface area contributed by atoms with E-state index in [0.717, 1.165) is 5.92 Å². The molecule has 1 saturated carbocycles. The van der Waals surface area contributed by atoms with E-state index in [1.807, 2.05) is 0 Å². The van der Waals surface area contributed by atoms with Crippen LogP contribution < -0.4 is 9.98 Å². The first-order chi connectivity index (χ1) is 4.34. The van der Waals surface area contributed by atoms with Gasteiger partial charge in [0.25, 0.3) is 0 Å². The van der Waals surface area contributed by atoms with Gasteiger partial charge in [-0.1, -0.05) is 13.3 Å². The lowest BCUT2D eigenvalue weighted by atomic mass is 10.1. The van der Waals surface area contributed by atoms with Crippen LogP contribution in [-0.2, 0) is 0 Å². The number of nitrogens with one attached hydrogen (secondary N) is 1. The Kier molecular flexibility index (Phi) is 2.90. The lowest BCUT2D eigenvalue weighted by Crippen LogP contribution is -2.25. The van der Waals surface area contributed by atoms with Crippen molar-refractivity contribution in [2.45, 2.75) is 32.2 Å². The lowest BCUT2D eigenvalue weighted by molar-refractivity contribution is -0.153. The molecule has 2 nitrogen and oxygen atoms in total. The van der Waals surface area contributed by atoms with Gasteiger partial charge in [0.15, 0.2) is 0 Å². The highest BCUT2D eigenvalue weighted by molar-refractivity contribution is 7.26. The monoisotopic (exact) mass is 146 g/mol. The Labute approximate surface area is 58.0 Å². The molecular weight excluding hydrogens is 133 g/mol. The van der Waals surface area contributed by atoms with Crippen LogP contribution >= 0.6 is 8.96 Å². The molecule has 3 unspecified atom stereocenters. The topological polar surface area (TPSA) is 35.1 Å². The van der Waals surface area contributed by atoms with Crippen LogP contribution in [0.4, 0.5) is 0 Å². The first kappa shape index (κ1) is 7.46. The van der Waals surface area contributed by atoms with E-state index in [9.17, 15) is 4.89 Å². The summed E-state index contributed by atoms with van der Waals surface area (Å²) in [6, 6.07) is 0.529. The average molecular weight is 146 g/mol. The van der Waals surface area contributed by atoms with Crippen molar-refractivity contribution in [2.75, 3.05) is 0 Å². The molecule has 54 valence electrons. The number of hydrogen-bond donors (Lipinski definition) is 1. The van der Waals surface area contributed by atoms with Crippen LogP contribution in [-0.4, -0.2) is 6.04 Å². The highest BCUT2D eigenvalue weighted by Crippen LogP contribution is 2.25. The minimum Gasteiger partial charge on any atom is -0.820 e. The minimum atomic E-state index is -0.322. The third-order valence-electron chi connectivity index (χ3n) is 2.11. The molecule has 3 atom stereocenters. The van der Waals surface area contributed by atoms with Crippen molar-refractivity contribution in [1.29, 1.82) is 0 Å². The van der Waals surface area contributed by atoms with E-state index in [1.165, 1.54) is 19.3 Å². The van der Waals surface area contributed by atoms with E-state index < -0.39 is 0 Å². The molecule has 0 aromatic carbocycles. The Morgan fingerprint density at radius 1 is 1.56 bits per heavy atom. The summed E-state index contributed by atoms with van der Waals surface area (Å²) in [6.45, 7) is 2.21. The molecule has 1 N–H and O–H groups in total. The van der Waals surface area contributed by atoms with Gasteiger partial charge in [0.1, 0.15) is 0 Å². The third kappa shape index (κ3) is 1.89. The summed E-state index contributed by atoms with van der Waals surface area (Å²) in [5.74, 6) is 0.728. The van der Waals surface area contributed by atoms with Crippen LogP contribution in [0.15, 0.2) is 0 Å². The van der Waals surface area contributed by atoms with Gasteiger partial charge in [-0.15, -0.1) is 8.96 Å². The van der Waals surface area contributed by atoms with Gasteiger partial charge in [-0.25, -0.2) is 0 Å². The van der Waals surface area contributed by atoms with Gasteiger partial charge in [0, 0.05) is 6.04 Å². The zero-order chi connectivity index (χ0) is 6.69. The smallest absolute Gasteiger partial charge is 0.0114 e.